The molecule has 0 radical (unpaired) electrons. The van der Waals surface area contributed by atoms with E-state index < -0.39 is 5.97 Å². The van der Waals surface area contributed by atoms with Gasteiger partial charge in [0.25, 0.3) is 0 Å². The number of unbranched alkanes of at least 4 members (excludes halogenated alkanes) is 1. The van der Waals surface area contributed by atoms with E-state index in [0.29, 0.717) is 17.9 Å². The molecular weight excluding hydrogens is 412 g/mol. The van der Waals surface area contributed by atoms with Crippen LogP contribution in [0.5, 0.6) is 11.5 Å². The van der Waals surface area contributed by atoms with E-state index in [1.165, 1.54) is 0 Å². The van der Waals surface area contributed by atoms with Crippen LogP contribution in [0, 0.1) is 6.92 Å². The Bertz CT molecular complexity index is 1280. The number of rotatable bonds is 8. The van der Waals surface area contributed by atoms with E-state index in [9.17, 15) is 4.79 Å². The molecule has 0 aliphatic heterocycles. The average molecular weight is 439 g/mol. The summed E-state index contributed by atoms with van der Waals surface area (Å²) in [6.07, 6.45) is 2.08. The molecule has 0 unspecified atom stereocenters. The SMILES string of the molecule is CCCCOc1ccc(C(=O)Oc2ccc(N=Nc3ccc4ccccc4c3)c(C)c2)cc1. The lowest BCUT2D eigenvalue weighted by Crippen LogP contribution is -2.08. The third-order valence-corrected chi connectivity index (χ3v) is 5.24. The quantitative estimate of drug-likeness (QED) is 0.121. The van der Waals surface area contributed by atoms with Crippen molar-refractivity contribution in [3.63, 3.8) is 0 Å². The van der Waals surface area contributed by atoms with Gasteiger partial charge in [0.15, 0.2) is 0 Å². The Morgan fingerprint density at radius 3 is 2.33 bits per heavy atom. The van der Waals surface area contributed by atoms with Gasteiger partial charge in [-0.15, -0.1) is 0 Å². The first kappa shape index (κ1) is 22.2. The van der Waals surface area contributed by atoms with E-state index in [1.807, 2.05) is 37.3 Å². The van der Waals surface area contributed by atoms with Gasteiger partial charge in [-0.2, -0.15) is 10.2 Å². The van der Waals surface area contributed by atoms with Crippen LogP contribution in [0.25, 0.3) is 10.8 Å². The van der Waals surface area contributed by atoms with Crippen LogP contribution in [-0.2, 0) is 0 Å². The highest BCUT2D eigenvalue weighted by Crippen LogP contribution is 2.28. The van der Waals surface area contributed by atoms with Crippen LogP contribution in [0.15, 0.2) is 95.2 Å². The van der Waals surface area contributed by atoms with Crippen molar-refractivity contribution < 1.29 is 14.3 Å². The molecular formula is C28H26N2O3. The van der Waals surface area contributed by atoms with Crippen LogP contribution in [0.3, 0.4) is 0 Å². The summed E-state index contributed by atoms with van der Waals surface area (Å²) in [7, 11) is 0. The van der Waals surface area contributed by atoms with Gasteiger partial charge in [-0.1, -0.05) is 43.7 Å². The Morgan fingerprint density at radius 1 is 0.818 bits per heavy atom. The molecule has 5 heteroatoms. The van der Waals surface area contributed by atoms with Gasteiger partial charge >= 0.3 is 5.97 Å². The predicted octanol–water partition coefficient (Wildman–Crippen LogP) is 7.96. The molecule has 0 aliphatic carbocycles. The highest BCUT2D eigenvalue weighted by molar-refractivity contribution is 5.91. The number of nitrogens with zero attached hydrogens (tertiary/aromatic N) is 2. The van der Waals surface area contributed by atoms with Crippen LogP contribution in [-0.4, -0.2) is 12.6 Å². The molecule has 0 bridgehead atoms. The maximum Gasteiger partial charge on any atom is 0.343 e. The summed E-state index contributed by atoms with van der Waals surface area (Å²) in [4.78, 5) is 12.5. The minimum Gasteiger partial charge on any atom is -0.494 e. The van der Waals surface area contributed by atoms with E-state index in [2.05, 4.69) is 29.3 Å². The van der Waals surface area contributed by atoms with Gasteiger partial charge in [0.05, 0.1) is 23.5 Å². The number of carbonyl (C=O) groups excluding carboxylic acids is 1. The molecule has 0 saturated heterocycles. The number of fused-ring (bicyclic) bond motifs is 1. The number of hydrogen-bond donors (Lipinski definition) is 0. The molecule has 0 N–H and O–H groups in total. The number of hydrogen-bond acceptors (Lipinski definition) is 5. The Morgan fingerprint density at radius 2 is 1.58 bits per heavy atom. The number of azo groups is 1. The van der Waals surface area contributed by atoms with Gasteiger partial charge in [0, 0.05) is 0 Å². The number of carbonyl (C=O) groups is 1. The molecule has 0 fully saturated rings. The van der Waals surface area contributed by atoms with Crippen LogP contribution in [0.2, 0.25) is 0 Å². The van der Waals surface area contributed by atoms with Crippen molar-refractivity contribution in [2.75, 3.05) is 6.61 Å². The second-order valence-corrected chi connectivity index (χ2v) is 7.80. The van der Waals surface area contributed by atoms with Crippen LogP contribution in [0.1, 0.15) is 35.7 Å². The second kappa shape index (κ2) is 10.6. The molecule has 0 atom stereocenters. The fourth-order valence-corrected chi connectivity index (χ4v) is 3.34. The Hall–Kier alpha value is -3.99. The minimum atomic E-state index is -0.417. The molecule has 4 aromatic carbocycles. The summed E-state index contributed by atoms with van der Waals surface area (Å²) in [5.74, 6) is 0.794. The molecule has 4 aromatic rings. The predicted molar refractivity (Wildman–Crippen MR) is 131 cm³/mol. The molecule has 0 aliphatic rings. The Kier molecular flexibility index (Phi) is 7.10. The minimum absolute atomic E-state index is 0.417. The molecule has 0 spiro atoms. The summed E-state index contributed by atoms with van der Waals surface area (Å²) >= 11 is 0. The van der Waals surface area contributed by atoms with Gasteiger partial charge < -0.3 is 9.47 Å². The van der Waals surface area contributed by atoms with Crippen molar-refractivity contribution in [2.24, 2.45) is 10.2 Å². The summed E-state index contributed by atoms with van der Waals surface area (Å²) < 4.78 is 11.2. The van der Waals surface area contributed by atoms with Crippen LogP contribution >= 0.6 is 0 Å². The van der Waals surface area contributed by atoms with Gasteiger partial charge in [0.1, 0.15) is 11.5 Å². The standard InChI is InChI=1S/C28H26N2O3/c1-3-4-17-32-25-13-10-22(11-14-25)28(31)33-26-15-16-27(20(2)18-26)30-29-24-12-9-21-7-5-6-8-23(21)19-24/h5-16,18-19H,3-4,17H2,1-2H3. The van der Waals surface area contributed by atoms with Gasteiger partial charge in [0.2, 0.25) is 0 Å². The molecule has 0 amide bonds. The van der Waals surface area contributed by atoms with Crippen LogP contribution in [0.4, 0.5) is 11.4 Å². The van der Waals surface area contributed by atoms with Crippen molar-refractivity contribution in [3.05, 3.63) is 96.1 Å². The van der Waals surface area contributed by atoms with Crippen molar-refractivity contribution in [3.8, 4) is 11.5 Å². The van der Waals surface area contributed by atoms with Gasteiger partial charge in [-0.25, -0.2) is 4.79 Å². The molecule has 166 valence electrons. The van der Waals surface area contributed by atoms with E-state index in [-0.39, 0.29) is 0 Å². The topological polar surface area (TPSA) is 60.2 Å². The molecule has 0 aromatic heterocycles. The zero-order valence-electron chi connectivity index (χ0n) is 18.8. The van der Waals surface area contributed by atoms with E-state index in [0.717, 1.165) is 46.3 Å². The number of aryl methyl sites for hydroxylation is 1. The van der Waals surface area contributed by atoms with Gasteiger partial charge in [-0.3, -0.25) is 0 Å². The lowest BCUT2D eigenvalue weighted by atomic mass is 10.1. The first-order chi connectivity index (χ1) is 16.1. The highest BCUT2D eigenvalue weighted by atomic mass is 16.5. The first-order valence-electron chi connectivity index (χ1n) is 11.1. The van der Waals surface area contributed by atoms with Crippen LogP contribution < -0.4 is 9.47 Å². The number of esters is 1. The average Bonchev–Trinajstić information content (AvgIpc) is 2.84. The molecule has 5 nitrogen and oxygen atoms in total. The fraction of sp³-hybridized carbons (Fsp3) is 0.179. The van der Waals surface area contributed by atoms with Crippen molar-refractivity contribution in [1.82, 2.24) is 0 Å². The zero-order valence-corrected chi connectivity index (χ0v) is 18.8. The lowest BCUT2D eigenvalue weighted by molar-refractivity contribution is 0.0734. The monoisotopic (exact) mass is 438 g/mol. The molecule has 4 rings (SSSR count). The summed E-state index contributed by atoms with van der Waals surface area (Å²) in [5.41, 5.74) is 2.84. The molecule has 0 heterocycles. The van der Waals surface area contributed by atoms with E-state index in [4.69, 9.17) is 9.47 Å². The second-order valence-electron chi connectivity index (χ2n) is 7.80. The lowest BCUT2D eigenvalue weighted by Gasteiger charge is -2.08. The Balaban J connectivity index is 1.40. The zero-order chi connectivity index (χ0) is 23.0. The van der Waals surface area contributed by atoms with Crippen molar-refractivity contribution in [2.45, 2.75) is 26.7 Å². The number of benzene rings is 4. The number of ether oxygens (including phenoxy) is 2. The normalized spacial score (nSPS) is 11.1. The van der Waals surface area contributed by atoms with Crippen molar-refractivity contribution >= 4 is 28.1 Å². The van der Waals surface area contributed by atoms with E-state index >= 15 is 0 Å². The molecule has 33 heavy (non-hydrogen) atoms. The summed E-state index contributed by atoms with van der Waals surface area (Å²) in [6.45, 7) is 4.70. The fourth-order valence-electron chi connectivity index (χ4n) is 3.34. The maximum atomic E-state index is 12.5. The van der Waals surface area contributed by atoms with E-state index in [1.54, 1.807) is 42.5 Å². The smallest absolute Gasteiger partial charge is 0.343 e. The first-order valence-corrected chi connectivity index (χ1v) is 11.1. The summed E-state index contributed by atoms with van der Waals surface area (Å²) in [5, 5.41) is 11.0. The maximum absolute atomic E-state index is 12.5. The summed E-state index contributed by atoms with van der Waals surface area (Å²) in [6, 6.07) is 26.4. The third-order valence-electron chi connectivity index (χ3n) is 5.24. The Labute approximate surface area is 193 Å². The largest absolute Gasteiger partial charge is 0.494 e. The highest BCUT2D eigenvalue weighted by Gasteiger charge is 2.10. The van der Waals surface area contributed by atoms with Gasteiger partial charge in [-0.05, 0) is 84.3 Å². The van der Waals surface area contributed by atoms with Crippen molar-refractivity contribution in [1.29, 1.82) is 0 Å². The molecule has 0 saturated carbocycles. The third kappa shape index (κ3) is 5.83.